The smallest absolute Gasteiger partial charge is 0.207 e. The van der Waals surface area contributed by atoms with E-state index in [4.69, 9.17) is 11.6 Å². The van der Waals surface area contributed by atoms with Gasteiger partial charge < -0.3 is 5.32 Å². The highest BCUT2D eigenvalue weighted by Crippen LogP contribution is 2.24. The Hall–Kier alpha value is -1.55. The molecule has 2 aromatic rings. The average Bonchev–Trinajstić information content (AvgIpc) is 2.69. The summed E-state index contributed by atoms with van der Waals surface area (Å²) in [4.78, 5) is 4.17. The van der Waals surface area contributed by atoms with Crippen molar-refractivity contribution in [3.05, 3.63) is 41.4 Å². The van der Waals surface area contributed by atoms with Gasteiger partial charge in [-0.05, 0) is 32.0 Å². The molecule has 90 valence electrons. The number of nitrogens with one attached hydrogen (secondary N) is 1. The summed E-state index contributed by atoms with van der Waals surface area (Å²) in [6, 6.07) is 4.49. The van der Waals surface area contributed by atoms with E-state index in [1.165, 1.54) is 18.2 Å². The Morgan fingerprint density at radius 1 is 1.41 bits per heavy atom. The summed E-state index contributed by atoms with van der Waals surface area (Å²) in [6.07, 6.45) is 3.39. The van der Waals surface area contributed by atoms with Crippen molar-refractivity contribution in [2.24, 2.45) is 0 Å². The standard InChI is InChI=1S/C12H13ClFN3/c1-8(2)16-12-15-5-6-17(12)11-7-9(14)3-4-10(11)13/h3-8H,1-2H3,(H,15,16). The predicted octanol–water partition coefficient (Wildman–Crippen LogP) is 3.49. The Morgan fingerprint density at radius 2 is 2.18 bits per heavy atom. The van der Waals surface area contributed by atoms with E-state index in [0.717, 1.165) is 0 Å². The van der Waals surface area contributed by atoms with Crippen LogP contribution in [0.3, 0.4) is 0 Å². The third-order valence-corrected chi connectivity index (χ3v) is 2.55. The van der Waals surface area contributed by atoms with Gasteiger partial charge in [-0.25, -0.2) is 9.37 Å². The molecule has 0 atom stereocenters. The molecule has 0 radical (unpaired) electrons. The fraction of sp³-hybridized carbons (Fsp3) is 0.250. The van der Waals surface area contributed by atoms with Gasteiger partial charge in [-0.2, -0.15) is 0 Å². The minimum absolute atomic E-state index is 0.239. The quantitative estimate of drug-likeness (QED) is 0.908. The van der Waals surface area contributed by atoms with E-state index in [-0.39, 0.29) is 11.9 Å². The van der Waals surface area contributed by atoms with Crippen LogP contribution in [-0.2, 0) is 0 Å². The summed E-state index contributed by atoms with van der Waals surface area (Å²) in [5, 5.41) is 3.65. The van der Waals surface area contributed by atoms with Gasteiger partial charge >= 0.3 is 0 Å². The summed E-state index contributed by atoms with van der Waals surface area (Å²) in [7, 11) is 0. The van der Waals surface area contributed by atoms with E-state index in [0.29, 0.717) is 16.7 Å². The Balaban J connectivity index is 2.45. The molecule has 0 fully saturated rings. The molecule has 1 aromatic carbocycles. The highest BCUT2D eigenvalue weighted by Gasteiger charge is 2.10. The minimum Gasteiger partial charge on any atom is -0.353 e. The Kier molecular flexibility index (Phi) is 3.33. The molecular formula is C12H13ClFN3. The predicted molar refractivity (Wildman–Crippen MR) is 67.3 cm³/mol. The zero-order valence-corrected chi connectivity index (χ0v) is 10.4. The summed E-state index contributed by atoms with van der Waals surface area (Å²) >= 11 is 6.05. The molecule has 0 amide bonds. The highest BCUT2D eigenvalue weighted by molar-refractivity contribution is 6.32. The summed E-state index contributed by atoms with van der Waals surface area (Å²) < 4.78 is 14.9. The zero-order valence-electron chi connectivity index (χ0n) is 9.61. The van der Waals surface area contributed by atoms with Crippen molar-refractivity contribution < 1.29 is 4.39 Å². The number of hydrogen-bond donors (Lipinski definition) is 1. The maximum absolute atomic E-state index is 13.2. The van der Waals surface area contributed by atoms with Crippen molar-refractivity contribution >= 4 is 17.5 Å². The van der Waals surface area contributed by atoms with E-state index in [9.17, 15) is 4.39 Å². The molecule has 5 heteroatoms. The van der Waals surface area contributed by atoms with Gasteiger partial charge in [0.1, 0.15) is 5.82 Å². The first-order chi connectivity index (χ1) is 8.08. The molecule has 3 nitrogen and oxygen atoms in total. The van der Waals surface area contributed by atoms with Crippen LogP contribution < -0.4 is 5.32 Å². The minimum atomic E-state index is -0.325. The lowest BCUT2D eigenvalue weighted by molar-refractivity contribution is 0.626. The number of imidazole rings is 1. The van der Waals surface area contributed by atoms with Crippen LogP contribution in [0.1, 0.15) is 13.8 Å². The molecule has 17 heavy (non-hydrogen) atoms. The van der Waals surface area contributed by atoms with E-state index >= 15 is 0 Å². The van der Waals surface area contributed by atoms with Gasteiger partial charge in [0, 0.05) is 18.4 Å². The molecule has 0 spiro atoms. The third kappa shape index (κ3) is 2.58. The molecule has 1 N–H and O–H groups in total. The molecule has 1 heterocycles. The maximum Gasteiger partial charge on any atom is 0.207 e. The molecule has 0 bridgehead atoms. The fourth-order valence-corrected chi connectivity index (χ4v) is 1.74. The second-order valence-corrected chi connectivity index (χ2v) is 4.42. The van der Waals surface area contributed by atoms with Crippen LogP contribution in [0.4, 0.5) is 10.3 Å². The van der Waals surface area contributed by atoms with Gasteiger partial charge in [0.2, 0.25) is 5.95 Å². The molecular weight excluding hydrogens is 241 g/mol. The first-order valence-electron chi connectivity index (χ1n) is 5.33. The Labute approximate surface area is 104 Å². The molecule has 0 aliphatic rings. The number of nitrogens with zero attached hydrogens (tertiary/aromatic N) is 2. The molecule has 0 saturated carbocycles. The van der Waals surface area contributed by atoms with Crippen LogP contribution >= 0.6 is 11.6 Å². The van der Waals surface area contributed by atoms with E-state index < -0.39 is 0 Å². The fourth-order valence-electron chi connectivity index (χ4n) is 1.53. The molecule has 0 saturated heterocycles. The summed E-state index contributed by atoms with van der Waals surface area (Å²) in [6.45, 7) is 4.01. The molecule has 2 rings (SSSR count). The zero-order chi connectivity index (χ0) is 12.4. The number of halogens is 2. The molecule has 0 unspecified atom stereocenters. The summed E-state index contributed by atoms with van der Waals surface area (Å²) in [5.74, 6) is 0.320. The topological polar surface area (TPSA) is 29.9 Å². The maximum atomic E-state index is 13.2. The lowest BCUT2D eigenvalue weighted by Gasteiger charge is -2.13. The SMILES string of the molecule is CC(C)Nc1nccn1-c1cc(F)ccc1Cl. The van der Waals surface area contributed by atoms with E-state index in [1.807, 2.05) is 13.8 Å². The number of aromatic nitrogens is 2. The normalized spacial score (nSPS) is 10.9. The van der Waals surface area contributed by atoms with Crippen molar-refractivity contribution in [1.82, 2.24) is 9.55 Å². The average molecular weight is 254 g/mol. The van der Waals surface area contributed by atoms with Gasteiger partial charge in [-0.1, -0.05) is 11.6 Å². The van der Waals surface area contributed by atoms with Gasteiger partial charge in [0.15, 0.2) is 0 Å². The largest absolute Gasteiger partial charge is 0.353 e. The highest BCUT2D eigenvalue weighted by atomic mass is 35.5. The first kappa shape index (κ1) is 11.9. The van der Waals surface area contributed by atoms with Gasteiger partial charge in [0.05, 0.1) is 10.7 Å². The van der Waals surface area contributed by atoms with Crippen molar-refractivity contribution in [3.8, 4) is 5.69 Å². The number of rotatable bonds is 3. The number of hydrogen-bond acceptors (Lipinski definition) is 2. The lowest BCUT2D eigenvalue weighted by atomic mass is 10.3. The van der Waals surface area contributed by atoms with Crippen LogP contribution in [0, 0.1) is 5.82 Å². The molecule has 0 aliphatic heterocycles. The summed E-state index contributed by atoms with van der Waals surface area (Å²) in [5.41, 5.74) is 0.576. The van der Waals surface area contributed by atoms with Gasteiger partial charge in [-0.3, -0.25) is 4.57 Å². The van der Waals surface area contributed by atoms with Crippen molar-refractivity contribution in [3.63, 3.8) is 0 Å². The van der Waals surface area contributed by atoms with Crippen LogP contribution in [0.2, 0.25) is 5.02 Å². The van der Waals surface area contributed by atoms with Crippen LogP contribution in [0.5, 0.6) is 0 Å². The van der Waals surface area contributed by atoms with Crippen LogP contribution in [-0.4, -0.2) is 15.6 Å². The van der Waals surface area contributed by atoms with Crippen molar-refractivity contribution in [2.45, 2.75) is 19.9 Å². The molecule has 1 aromatic heterocycles. The monoisotopic (exact) mass is 253 g/mol. The van der Waals surface area contributed by atoms with Crippen molar-refractivity contribution in [2.75, 3.05) is 5.32 Å². The third-order valence-electron chi connectivity index (χ3n) is 2.23. The van der Waals surface area contributed by atoms with E-state index in [1.54, 1.807) is 17.0 Å². The number of anilines is 1. The molecule has 0 aliphatic carbocycles. The lowest BCUT2D eigenvalue weighted by Crippen LogP contribution is -2.14. The van der Waals surface area contributed by atoms with Gasteiger partial charge in [0.25, 0.3) is 0 Å². The van der Waals surface area contributed by atoms with Crippen molar-refractivity contribution in [1.29, 1.82) is 0 Å². The van der Waals surface area contributed by atoms with Crippen LogP contribution in [0.25, 0.3) is 5.69 Å². The second kappa shape index (κ2) is 4.75. The Morgan fingerprint density at radius 3 is 2.88 bits per heavy atom. The number of benzene rings is 1. The van der Waals surface area contributed by atoms with Gasteiger partial charge in [-0.15, -0.1) is 0 Å². The van der Waals surface area contributed by atoms with Crippen LogP contribution in [0.15, 0.2) is 30.6 Å². The van der Waals surface area contributed by atoms with E-state index in [2.05, 4.69) is 10.3 Å². The Bertz CT molecular complexity index is 522. The second-order valence-electron chi connectivity index (χ2n) is 4.02. The first-order valence-corrected chi connectivity index (χ1v) is 5.71.